The third-order valence-electron chi connectivity index (χ3n) is 8.12. The normalized spacial score (nSPS) is 48.6. The van der Waals surface area contributed by atoms with Crippen molar-refractivity contribution in [1.29, 1.82) is 0 Å². The molecule has 6 atom stereocenters. The molecule has 0 spiro atoms. The van der Waals surface area contributed by atoms with Crippen LogP contribution >= 0.6 is 15.9 Å². The molecule has 128 valence electrons. The van der Waals surface area contributed by atoms with Crippen molar-refractivity contribution in [2.75, 3.05) is 7.05 Å². The lowest BCUT2D eigenvalue weighted by molar-refractivity contribution is -0.143. The van der Waals surface area contributed by atoms with Crippen molar-refractivity contribution in [2.45, 2.75) is 71.3 Å². The summed E-state index contributed by atoms with van der Waals surface area (Å²) in [6.07, 6.45) is 9.96. The van der Waals surface area contributed by atoms with E-state index in [4.69, 9.17) is 0 Å². The monoisotopic (exact) mass is 379 g/mol. The van der Waals surface area contributed by atoms with Crippen molar-refractivity contribution in [1.82, 2.24) is 4.90 Å². The standard InChI is InChI=1S/C20H30BrNO/c1-12(21)16-6-7-17-14-4-8-18-15(5-9-19(23)22(18)3)13(14)10-11-20(16,17)2/h13-15,17-18H,4-11H2,1-3H3/t13-,14+,15+,17-,18+,20+/m0/s1. The van der Waals surface area contributed by atoms with Crippen LogP contribution in [0.25, 0.3) is 0 Å². The van der Waals surface area contributed by atoms with Crippen LogP contribution in [-0.4, -0.2) is 23.9 Å². The Balaban J connectivity index is 1.61. The number of hydrogen-bond donors (Lipinski definition) is 0. The minimum absolute atomic E-state index is 0.381. The zero-order valence-electron chi connectivity index (χ0n) is 14.8. The third-order valence-corrected chi connectivity index (χ3v) is 8.59. The highest BCUT2D eigenvalue weighted by Crippen LogP contribution is 2.63. The SMILES string of the molecule is CC(Br)=C1CC[C@H]2[C@@H]3CC[C@@H]4[C@H](CCC(=O)N4C)[C@H]3CC[C@]12C. The van der Waals surface area contributed by atoms with E-state index in [0.717, 1.165) is 36.5 Å². The van der Waals surface area contributed by atoms with Gasteiger partial charge in [-0.2, -0.15) is 0 Å². The second-order valence-corrected chi connectivity index (χ2v) is 9.98. The summed E-state index contributed by atoms with van der Waals surface area (Å²) < 4.78 is 1.40. The summed E-state index contributed by atoms with van der Waals surface area (Å²) in [5.41, 5.74) is 2.15. The van der Waals surface area contributed by atoms with Gasteiger partial charge in [0.25, 0.3) is 0 Å². The van der Waals surface area contributed by atoms with E-state index >= 15 is 0 Å². The van der Waals surface area contributed by atoms with Crippen LogP contribution in [0.1, 0.15) is 65.2 Å². The van der Waals surface area contributed by atoms with Gasteiger partial charge in [0.15, 0.2) is 0 Å². The van der Waals surface area contributed by atoms with Crippen molar-refractivity contribution in [3.63, 3.8) is 0 Å². The Labute approximate surface area is 149 Å². The minimum Gasteiger partial charge on any atom is -0.342 e. The molecule has 0 bridgehead atoms. The summed E-state index contributed by atoms with van der Waals surface area (Å²) in [7, 11) is 2.05. The zero-order valence-corrected chi connectivity index (χ0v) is 16.4. The lowest BCUT2D eigenvalue weighted by atomic mass is 9.52. The molecule has 0 radical (unpaired) electrons. The molecule has 4 aliphatic rings. The maximum Gasteiger partial charge on any atom is 0.222 e. The largest absolute Gasteiger partial charge is 0.342 e. The first kappa shape index (κ1) is 16.2. The molecule has 1 saturated heterocycles. The Morgan fingerprint density at radius 3 is 2.61 bits per heavy atom. The van der Waals surface area contributed by atoms with Crippen molar-refractivity contribution in [3.05, 3.63) is 10.1 Å². The van der Waals surface area contributed by atoms with Crippen molar-refractivity contribution in [2.24, 2.45) is 29.1 Å². The average molecular weight is 380 g/mol. The first-order valence-electron chi connectivity index (χ1n) is 9.55. The van der Waals surface area contributed by atoms with Gasteiger partial charge in [-0.3, -0.25) is 4.79 Å². The first-order chi connectivity index (χ1) is 10.9. The number of fused-ring (bicyclic) bond motifs is 5. The summed E-state index contributed by atoms with van der Waals surface area (Å²) in [5.74, 6) is 3.82. The van der Waals surface area contributed by atoms with Crippen molar-refractivity contribution >= 4 is 21.8 Å². The Morgan fingerprint density at radius 2 is 1.87 bits per heavy atom. The minimum atomic E-state index is 0.381. The molecule has 1 aliphatic heterocycles. The summed E-state index contributed by atoms with van der Waals surface area (Å²) in [5, 5.41) is 0. The van der Waals surface area contributed by atoms with Gasteiger partial charge in [0.05, 0.1) is 0 Å². The molecule has 3 heteroatoms. The second kappa shape index (κ2) is 5.61. The lowest BCUT2D eigenvalue weighted by Gasteiger charge is -2.56. The first-order valence-corrected chi connectivity index (χ1v) is 10.3. The topological polar surface area (TPSA) is 20.3 Å². The van der Waals surface area contributed by atoms with Gasteiger partial charge in [-0.25, -0.2) is 0 Å². The van der Waals surface area contributed by atoms with Crippen molar-refractivity contribution in [3.8, 4) is 0 Å². The Bertz CT molecular complexity index is 552. The summed E-state index contributed by atoms with van der Waals surface area (Å²) >= 11 is 3.79. The van der Waals surface area contributed by atoms with E-state index in [-0.39, 0.29) is 0 Å². The number of piperidine rings is 1. The molecule has 23 heavy (non-hydrogen) atoms. The van der Waals surface area contributed by atoms with E-state index in [1.54, 1.807) is 5.57 Å². The summed E-state index contributed by atoms with van der Waals surface area (Å²) in [4.78, 5) is 14.2. The second-order valence-electron chi connectivity index (χ2n) is 8.79. The highest BCUT2D eigenvalue weighted by molar-refractivity contribution is 9.11. The lowest BCUT2D eigenvalue weighted by Crippen LogP contribution is -2.55. The van der Waals surface area contributed by atoms with Crippen LogP contribution in [0.3, 0.4) is 0 Å². The number of amides is 1. The number of likely N-dealkylation sites (tertiary alicyclic amines) is 1. The zero-order chi connectivity index (χ0) is 16.4. The molecule has 0 aromatic carbocycles. The van der Waals surface area contributed by atoms with Gasteiger partial charge in [-0.15, -0.1) is 0 Å². The van der Waals surface area contributed by atoms with Gasteiger partial charge in [-0.05, 0) is 85.4 Å². The van der Waals surface area contributed by atoms with E-state index in [9.17, 15) is 4.79 Å². The van der Waals surface area contributed by atoms with Gasteiger partial charge < -0.3 is 4.90 Å². The van der Waals surface area contributed by atoms with Gasteiger partial charge in [0, 0.05) is 19.5 Å². The predicted molar refractivity (Wildman–Crippen MR) is 97.2 cm³/mol. The maximum atomic E-state index is 12.1. The van der Waals surface area contributed by atoms with Crippen LogP contribution in [0.2, 0.25) is 0 Å². The Morgan fingerprint density at radius 1 is 1.09 bits per heavy atom. The number of nitrogens with zero attached hydrogens (tertiary/aromatic N) is 1. The van der Waals surface area contributed by atoms with Crippen LogP contribution in [0.4, 0.5) is 0 Å². The molecule has 0 N–H and O–H groups in total. The summed E-state index contributed by atoms with van der Waals surface area (Å²) in [6, 6.07) is 0.538. The molecule has 3 saturated carbocycles. The number of carbonyl (C=O) groups excluding carboxylic acids is 1. The molecule has 2 nitrogen and oxygen atoms in total. The average Bonchev–Trinajstić information content (AvgIpc) is 2.88. The van der Waals surface area contributed by atoms with E-state index < -0.39 is 0 Å². The Hall–Kier alpha value is -0.310. The number of rotatable bonds is 0. The third kappa shape index (κ3) is 2.28. The van der Waals surface area contributed by atoms with Crippen LogP contribution < -0.4 is 0 Å². The maximum absolute atomic E-state index is 12.1. The molecule has 4 fully saturated rings. The molecule has 0 unspecified atom stereocenters. The molecule has 0 aromatic rings. The van der Waals surface area contributed by atoms with E-state index in [0.29, 0.717) is 17.4 Å². The van der Waals surface area contributed by atoms with Crippen LogP contribution in [0.15, 0.2) is 10.1 Å². The van der Waals surface area contributed by atoms with E-state index in [2.05, 4.69) is 41.7 Å². The molecule has 4 rings (SSSR count). The highest BCUT2D eigenvalue weighted by atomic mass is 79.9. The number of halogens is 1. The van der Waals surface area contributed by atoms with E-state index in [1.165, 1.54) is 43.0 Å². The highest BCUT2D eigenvalue weighted by Gasteiger charge is 2.56. The van der Waals surface area contributed by atoms with E-state index in [1.807, 2.05) is 0 Å². The molecule has 1 heterocycles. The smallest absolute Gasteiger partial charge is 0.222 e. The van der Waals surface area contributed by atoms with Gasteiger partial charge >= 0.3 is 0 Å². The predicted octanol–water partition coefficient (Wildman–Crippen LogP) is 5.13. The summed E-state index contributed by atoms with van der Waals surface area (Å²) in [6.45, 7) is 4.79. The quantitative estimate of drug-likeness (QED) is 0.571. The molecular weight excluding hydrogens is 350 g/mol. The van der Waals surface area contributed by atoms with Crippen LogP contribution in [0, 0.1) is 29.1 Å². The molecule has 1 amide bonds. The number of allylic oxidation sites excluding steroid dienone is 2. The number of carbonyl (C=O) groups is 1. The fourth-order valence-electron chi connectivity index (χ4n) is 7.04. The van der Waals surface area contributed by atoms with Gasteiger partial charge in [0.2, 0.25) is 5.91 Å². The molecule has 0 aromatic heterocycles. The van der Waals surface area contributed by atoms with Gasteiger partial charge in [0.1, 0.15) is 0 Å². The van der Waals surface area contributed by atoms with Gasteiger partial charge in [-0.1, -0.05) is 28.4 Å². The van der Waals surface area contributed by atoms with Crippen LogP contribution in [0.5, 0.6) is 0 Å². The Kier molecular flexibility index (Phi) is 3.94. The number of hydrogen-bond acceptors (Lipinski definition) is 1. The van der Waals surface area contributed by atoms with Crippen molar-refractivity contribution < 1.29 is 4.79 Å². The van der Waals surface area contributed by atoms with Crippen LogP contribution in [-0.2, 0) is 4.79 Å². The fourth-order valence-corrected chi connectivity index (χ4v) is 7.69. The molecular formula is C20H30BrNO. The fraction of sp³-hybridized carbons (Fsp3) is 0.850. The molecule has 3 aliphatic carbocycles.